The predicted octanol–water partition coefficient (Wildman–Crippen LogP) is 3.02. The van der Waals surface area contributed by atoms with Crippen molar-refractivity contribution in [1.82, 2.24) is 0 Å². The molecule has 0 aliphatic rings. The summed E-state index contributed by atoms with van der Waals surface area (Å²) >= 11 is 0. The lowest BCUT2D eigenvalue weighted by atomic mass is 10.0. The van der Waals surface area contributed by atoms with Crippen LogP contribution in [0.25, 0.3) is 0 Å². The molecule has 0 bridgehead atoms. The second kappa shape index (κ2) is 9.70. The summed E-state index contributed by atoms with van der Waals surface area (Å²) in [5, 5.41) is 2.83. The fourth-order valence-electron chi connectivity index (χ4n) is 2.39. The van der Waals surface area contributed by atoms with Crippen molar-refractivity contribution < 1.29 is 14.3 Å². The first kappa shape index (κ1) is 19.7. The maximum Gasteiger partial charge on any atom is 0.224 e. The lowest BCUT2D eigenvalue weighted by Crippen LogP contribution is -2.16. The molecule has 0 aliphatic heterocycles. The van der Waals surface area contributed by atoms with Crippen molar-refractivity contribution in [1.29, 1.82) is 0 Å². The first-order valence-electron chi connectivity index (χ1n) is 8.08. The molecule has 0 saturated heterocycles. The summed E-state index contributed by atoms with van der Waals surface area (Å²) in [6.45, 7) is 5.96. The van der Waals surface area contributed by atoms with Gasteiger partial charge in [0.05, 0.1) is 18.5 Å². The third-order valence-electron chi connectivity index (χ3n) is 3.61. The summed E-state index contributed by atoms with van der Waals surface area (Å²) in [5.41, 5.74) is 6.54. The number of Topliss-reactive ketones (excluding diaryl/α,β-unsaturated/α-hetero) is 1. The van der Waals surface area contributed by atoms with E-state index in [0.29, 0.717) is 35.8 Å². The van der Waals surface area contributed by atoms with Gasteiger partial charge in [-0.15, -0.1) is 0 Å². The minimum atomic E-state index is -0.105. The van der Waals surface area contributed by atoms with Crippen molar-refractivity contribution in [3.8, 4) is 5.75 Å². The number of amides is 1. The SMILES string of the molecule is COc1ccc(NC(=O)C[C@H](C)CCCN=C(C)N)cc1C(C)=O. The number of amidine groups is 1. The predicted molar refractivity (Wildman–Crippen MR) is 96.8 cm³/mol. The molecule has 1 atom stereocenters. The van der Waals surface area contributed by atoms with E-state index >= 15 is 0 Å². The van der Waals surface area contributed by atoms with E-state index in [2.05, 4.69) is 10.3 Å². The molecule has 0 unspecified atom stereocenters. The highest BCUT2D eigenvalue weighted by Gasteiger charge is 2.12. The van der Waals surface area contributed by atoms with Gasteiger partial charge in [0.1, 0.15) is 5.75 Å². The molecule has 24 heavy (non-hydrogen) atoms. The molecule has 132 valence electrons. The lowest BCUT2D eigenvalue weighted by Gasteiger charge is -2.12. The minimum Gasteiger partial charge on any atom is -0.496 e. The molecule has 1 rings (SSSR count). The number of nitrogens with one attached hydrogen (secondary N) is 1. The van der Waals surface area contributed by atoms with Gasteiger partial charge >= 0.3 is 0 Å². The zero-order valence-electron chi connectivity index (χ0n) is 14.9. The van der Waals surface area contributed by atoms with E-state index in [1.54, 1.807) is 25.1 Å². The Balaban J connectivity index is 2.54. The molecule has 1 amide bonds. The van der Waals surface area contributed by atoms with Crippen LogP contribution in [0.1, 0.15) is 50.4 Å². The number of hydrogen-bond donors (Lipinski definition) is 2. The van der Waals surface area contributed by atoms with Crippen molar-refractivity contribution in [2.24, 2.45) is 16.6 Å². The van der Waals surface area contributed by atoms with E-state index < -0.39 is 0 Å². The molecule has 6 nitrogen and oxygen atoms in total. The molecule has 0 fully saturated rings. The Hall–Kier alpha value is -2.37. The maximum atomic E-state index is 12.1. The maximum absolute atomic E-state index is 12.1. The monoisotopic (exact) mass is 333 g/mol. The molecule has 0 spiro atoms. The first-order valence-corrected chi connectivity index (χ1v) is 8.08. The molecular formula is C18H27N3O3. The lowest BCUT2D eigenvalue weighted by molar-refractivity contribution is -0.117. The van der Waals surface area contributed by atoms with Crippen LogP contribution in [0.15, 0.2) is 23.2 Å². The van der Waals surface area contributed by atoms with Gasteiger partial charge in [0, 0.05) is 18.7 Å². The van der Waals surface area contributed by atoms with E-state index in [1.807, 2.05) is 6.92 Å². The van der Waals surface area contributed by atoms with Crippen LogP contribution in [0.2, 0.25) is 0 Å². The first-order chi connectivity index (χ1) is 11.3. The van der Waals surface area contributed by atoms with Crippen molar-refractivity contribution in [3.63, 3.8) is 0 Å². The molecular weight excluding hydrogens is 306 g/mol. The third kappa shape index (κ3) is 6.81. The van der Waals surface area contributed by atoms with Gasteiger partial charge in [-0.25, -0.2) is 0 Å². The summed E-state index contributed by atoms with van der Waals surface area (Å²) in [4.78, 5) is 27.9. The third-order valence-corrected chi connectivity index (χ3v) is 3.61. The highest BCUT2D eigenvalue weighted by molar-refractivity contribution is 5.99. The highest BCUT2D eigenvalue weighted by Crippen LogP contribution is 2.23. The second-order valence-corrected chi connectivity index (χ2v) is 5.99. The van der Waals surface area contributed by atoms with Crippen LogP contribution >= 0.6 is 0 Å². The van der Waals surface area contributed by atoms with Gasteiger partial charge < -0.3 is 15.8 Å². The van der Waals surface area contributed by atoms with E-state index in [4.69, 9.17) is 10.5 Å². The Morgan fingerprint density at radius 1 is 1.33 bits per heavy atom. The number of ether oxygens (including phenoxy) is 1. The van der Waals surface area contributed by atoms with Crippen molar-refractivity contribution in [3.05, 3.63) is 23.8 Å². The van der Waals surface area contributed by atoms with Crippen LogP contribution < -0.4 is 15.8 Å². The Kier molecular flexibility index (Phi) is 7.95. The van der Waals surface area contributed by atoms with Crippen LogP contribution in [-0.4, -0.2) is 31.2 Å². The number of anilines is 1. The molecule has 1 aromatic rings. The van der Waals surface area contributed by atoms with Gasteiger partial charge in [0.15, 0.2) is 5.78 Å². The summed E-state index contributed by atoms with van der Waals surface area (Å²) in [5.74, 6) is 1.17. The van der Waals surface area contributed by atoms with Gasteiger partial charge in [-0.2, -0.15) is 0 Å². The minimum absolute atomic E-state index is 0.0688. The number of methoxy groups -OCH3 is 1. The molecule has 0 radical (unpaired) electrons. The molecule has 3 N–H and O–H groups in total. The quantitative estimate of drug-likeness (QED) is 0.314. The van der Waals surface area contributed by atoms with Gasteiger partial charge in [-0.05, 0) is 50.8 Å². The van der Waals surface area contributed by atoms with Crippen molar-refractivity contribution >= 4 is 23.2 Å². The molecule has 0 heterocycles. The molecule has 1 aromatic carbocycles. The van der Waals surface area contributed by atoms with Gasteiger partial charge in [-0.1, -0.05) is 6.92 Å². The standard InChI is InChI=1S/C18H27N3O3/c1-12(6-5-9-20-14(3)19)10-18(23)21-15-7-8-17(24-4)16(11-15)13(2)22/h7-8,11-12H,5-6,9-10H2,1-4H3,(H2,19,20)(H,21,23)/t12-/m1/s1. The largest absolute Gasteiger partial charge is 0.496 e. The van der Waals surface area contributed by atoms with E-state index in [1.165, 1.54) is 14.0 Å². The number of benzene rings is 1. The molecule has 0 saturated carbocycles. The highest BCUT2D eigenvalue weighted by atomic mass is 16.5. The zero-order valence-corrected chi connectivity index (χ0v) is 14.9. The van der Waals surface area contributed by atoms with Crippen LogP contribution in [0, 0.1) is 5.92 Å². The average Bonchev–Trinajstić information content (AvgIpc) is 2.51. The van der Waals surface area contributed by atoms with Crippen LogP contribution in [0.3, 0.4) is 0 Å². The van der Waals surface area contributed by atoms with Crippen LogP contribution in [-0.2, 0) is 4.79 Å². The van der Waals surface area contributed by atoms with E-state index in [0.717, 1.165) is 12.8 Å². The number of hydrogen-bond acceptors (Lipinski definition) is 4. The number of aliphatic imine (C=N–C) groups is 1. The van der Waals surface area contributed by atoms with Crippen molar-refractivity contribution in [2.75, 3.05) is 19.0 Å². The summed E-state index contributed by atoms with van der Waals surface area (Å²) in [6.07, 6.45) is 2.23. The molecule has 0 aliphatic carbocycles. The zero-order chi connectivity index (χ0) is 18.1. The van der Waals surface area contributed by atoms with Gasteiger partial charge in [0.2, 0.25) is 5.91 Å². The van der Waals surface area contributed by atoms with E-state index in [9.17, 15) is 9.59 Å². The van der Waals surface area contributed by atoms with Gasteiger partial charge in [0.25, 0.3) is 0 Å². The van der Waals surface area contributed by atoms with E-state index in [-0.39, 0.29) is 17.6 Å². The number of nitrogens with zero attached hydrogens (tertiary/aromatic N) is 1. The normalized spacial score (nSPS) is 12.6. The second-order valence-electron chi connectivity index (χ2n) is 5.99. The number of ketones is 1. The molecule has 6 heteroatoms. The summed E-state index contributed by atoms with van der Waals surface area (Å²) in [7, 11) is 1.51. The molecule has 0 aromatic heterocycles. The topological polar surface area (TPSA) is 93.8 Å². The number of carbonyl (C=O) groups excluding carboxylic acids is 2. The average molecular weight is 333 g/mol. The fraction of sp³-hybridized carbons (Fsp3) is 0.500. The van der Waals surface area contributed by atoms with Gasteiger partial charge in [-0.3, -0.25) is 14.6 Å². The van der Waals surface area contributed by atoms with Crippen LogP contribution in [0.5, 0.6) is 5.75 Å². The Labute approximate surface area is 143 Å². The van der Waals surface area contributed by atoms with Crippen molar-refractivity contribution in [2.45, 2.75) is 40.0 Å². The smallest absolute Gasteiger partial charge is 0.224 e. The number of nitrogens with two attached hydrogens (primary N) is 1. The fourth-order valence-corrected chi connectivity index (χ4v) is 2.39. The summed E-state index contributed by atoms with van der Waals surface area (Å²) in [6, 6.07) is 5.05. The van der Waals surface area contributed by atoms with Crippen LogP contribution in [0.4, 0.5) is 5.69 Å². The Bertz CT molecular complexity index is 608. The number of rotatable bonds is 9. The summed E-state index contributed by atoms with van der Waals surface area (Å²) < 4.78 is 5.15. The Morgan fingerprint density at radius 2 is 2.04 bits per heavy atom. The number of carbonyl (C=O) groups is 2. The Morgan fingerprint density at radius 3 is 2.62 bits per heavy atom.